The molecule has 0 aliphatic carbocycles. The molecule has 0 aromatic heterocycles. The van der Waals surface area contributed by atoms with Gasteiger partial charge in [-0.05, 0) is 39.5 Å². The first-order valence-corrected chi connectivity index (χ1v) is 40.2. The van der Waals surface area contributed by atoms with Crippen LogP contribution in [0.15, 0.2) is 0 Å². The molecule has 1 fully saturated rings. The zero-order valence-corrected chi connectivity index (χ0v) is 67.3. The Morgan fingerprint density at radius 2 is 0.660 bits per heavy atom. The molecule has 1 saturated heterocycles. The zero-order valence-electron chi connectivity index (χ0n) is 61.5. The molecule has 20 nitrogen and oxygen atoms in total. The largest absolute Gasteiger partial charge is 1.00 e. The summed E-state index contributed by atoms with van der Waals surface area (Å²) in [6.07, 6.45) is 48.1. The van der Waals surface area contributed by atoms with Gasteiger partial charge in [-0.25, -0.2) is 0 Å². The SMILES string of the molecule is C.C.CCCCCCCCCCCCCC(=O)OC[C@H](COP(=O)([O-])OCC(O)CO)OC(=O)CCCCCCCCCCCCC.CCCCCCCCCCCCCC(=O)OC[C@H](COP(=O)([O-])OCC1COC(C)(C)O1)OC(=O)CCCCCCCCCCCCC.[Na+].[Na+]. The van der Waals surface area contributed by atoms with Gasteiger partial charge in [0.2, 0.25) is 0 Å². The minimum Gasteiger partial charge on any atom is -0.756 e. The average molecular weight is 1450 g/mol. The first-order valence-electron chi connectivity index (χ1n) is 37.3. The van der Waals surface area contributed by atoms with Crippen molar-refractivity contribution in [2.75, 3.05) is 52.9 Å². The monoisotopic (exact) mass is 1450 g/mol. The maximum atomic E-state index is 12.6. The summed E-state index contributed by atoms with van der Waals surface area (Å²) >= 11 is 0. The van der Waals surface area contributed by atoms with Crippen LogP contribution in [0.5, 0.6) is 0 Å². The van der Waals surface area contributed by atoms with Gasteiger partial charge in [-0.1, -0.05) is 299 Å². The minimum atomic E-state index is -4.85. The summed E-state index contributed by atoms with van der Waals surface area (Å²) in [5.41, 5.74) is 0. The molecule has 568 valence electrons. The van der Waals surface area contributed by atoms with Gasteiger partial charge in [0.1, 0.15) is 25.4 Å². The summed E-state index contributed by atoms with van der Waals surface area (Å²) in [6, 6.07) is 0. The molecule has 1 aliphatic rings. The van der Waals surface area contributed by atoms with Gasteiger partial charge in [-0.3, -0.25) is 28.3 Å². The van der Waals surface area contributed by atoms with Crippen molar-refractivity contribution in [3.05, 3.63) is 0 Å². The Morgan fingerprint density at radius 3 is 0.918 bits per heavy atom. The van der Waals surface area contributed by atoms with E-state index in [1.807, 2.05) is 0 Å². The summed E-state index contributed by atoms with van der Waals surface area (Å²) in [4.78, 5) is 74.2. The van der Waals surface area contributed by atoms with Gasteiger partial charge in [0.05, 0.1) is 39.6 Å². The van der Waals surface area contributed by atoms with Crippen LogP contribution < -0.4 is 68.9 Å². The van der Waals surface area contributed by atoms with E-state index in [2.05, 4.69) is 32.2 Å². The number of hydrogen-bond donors (Lipinski definition) is 2. The van der Waals surface area contributed by atoms with Gasteiger partial charge in [0.25, 0.3) is 15.6 Å². The van der Waals surface area contributed by atoms with Crippen LogP contribution in [-0.4, -0.2) is 117 Å². The van der Waals surface area contributed by atoms with Crippen molar-refractivity contribution in [2.45, 2.75) is 395 Å². The Kier molecular flexibility index (Phi) is 80.8. The maximum Gasteiger partial charge on any atom is 1.00 e. The molecule has 0 spiro atoms. The fourth-order valence-electron chi connectivity index (χ4n) is 10.6. The van der Waals surface area contributed by atoms with Crippen molar-refractivity contribution in [2.24, 2.45) is 0 Å². The Labute approximate surface area is 636 Å². The van der Waals surface area contributed by atoms with E-state index in [4.69, 9.17) is 47.1 Å². The van der Waals surface area contributed by atoms with Crippen LogP contribution in [0.25, 0.3) is 0 Å². The fourth-order valence-corrected chi connectivity index (χ4v) is 12.2. The average Bonchev–Trinajstić information content (AvgIpc) is 1.93. The van der Waals surface area contributed by atoms with Crippen LogP contribution in [0.4, 0.5) is 0 Å². The molecule has 6 atom stereocenters. The molecule has 4 unspecified atom stereocenters. The molecule has 0 amide bonds. The van der Waals surface area contributed by atoms with Gasteiger partial charge >= 0.3 is 83.0 Å². The number of carbonyl (C=O) groups is 4. The van der Waals surface area contributed by atoms with Crippen molar-refractivity contribution in [3.8, 4) is 0 Å². The third-order valence-corrected chi connectivity index (χ3v) is 18.2. The van der Waals surface area contributed by atoms with Crippen LogP contribution in [-0.2, 0) is 74.8 Å². The van der Waals surface area contributed by atoms with Crippen molar-refractivity contribution < 1.29 is 154 Å². The summed E-state index contributed by atoms with van der Waals surface area (Å²) in [5, 5.41) is 18.2. The number of aliphatic hydroxyl groups excluding tert-OH is 2. The van der Waals surface area contributed by atoms with Gasteiger partial charge in [-0.2, -0.15) is 0 Å². The molecule has 0 radical (unpaired) electrons. The maximum absolute atomic E-state index is 12.6. The number of rotatable bonds is 67. The van der Waals surface area contributed by atoms with E-state index in [0.717, 1.165) is 77.0 Å². The normalized spacial score (nSPS) is 15.3. The van der Waals surface area contributed by atoms with E-state index in [-0.39, 0.29) is 126 Å². The third-order valence-electron chi connectivity index (χ3n) is 16.4. The molecule has 24 heteroatoms. The Balaban J connectivity index is -0.000000560. The Morgan fingerprint density at radius 1 is 0.412 bits per heavy atom. The molecular weight excluding hydrogens is 1300 g/mol. The van der Waals surface area contributed by atoms with E-state index in [1.165, 1.54) is 186 Å². The van der Waals surface area contributed by atoms with Gasteiger partial charge in [0, 0.05) is 25.7 Å². The predicted octanol–water partition coefficient (Wildman–Crippen LogP) is 12.5. The number of aliphatic hydroxyl groups is 2. The van der Waals surface area contributed by atoms with Crippen LogP contribution in [0, 0.1) is 0 Å². The van der Waals surface area contributed by atoms with Crippen LogP contribution in [0.3, 0.4) is 0 Å². The van der Waals surface area contributed by atoms with E-state index in [9.17, 15) is 43.2 Å². The molecule has 0 bridgehead atoms. The number of phosphoric acid groups is 2. The van der Waals surface area contributed by atoms with Crippen molar-refractivity contribution in [1.82, 2.24) is 0 Å². The topological polar surface area (TPSA) is 281 Å². The second-order valence-corrected chi connectivity index (χ2v) is 28.9. The number of ether oxygens (including phenoxy) is 6. The van der Waals surface area contributed by atoms with Gasteiger partial charge in [0.15, 0.2) is 18.0 Å². The van der Waals surface area contributed by atoms with Crippen LogP contribution >= 0.6 is 15.6 Å². The van der Waals surface area contributed by atoms with E-state index in [1.54, 1.807) is 13.8 Å². The van der Waals surface area contributed by atoms with Crippen LogP contribution in [0.2, 0.25) is 0 Å². The second kappa shape index (κ2) is 74.2. The van der Waals surface area contributed by atoms with Crippen LogP contribution in [0.1, 0.15) is 365 Å². The Hall–Kier alpha value is -0.0600. The number of phosphoric ester groups is 2. The number of esters is 4. The van der Waals surface area contributed by atoms with Gasteiger partial charge in [-0.15, -0.1) is 0 Å². The summed E-state index contributed by atoms with van der Waals surface area (Å²) in [7, 11) is -9.58. The van der Waals surface area contributed by atoms with Crippen molar-refractivity contribution in [3.63, 3.8) is 0 Å². The number of carbonyl (C=O) groups excluding carboxylic acids is 4. The summed E-state index contributed by atoms with van der Waals surface area (Å²) < 4.78 is 76.4. The van der Waals surface area contributed by atoms with Crippen molar-refractivity contribution in [1.29, 1.82) is 0 Å². The molecule has 2 N–H and O–H groups in total. The number of hydrogen-bond acceptors (Lipinski definition) is 20. The predicted molar refractivity (Wildman–Crippen MR) is 376 cm³/mol. The van der Waals surface area contributed by atoms with E-state index >= 15 is 0 Å². The molecule has 1 heterocycles. The van der Waals surface area contributed by atoms with E-state index < -0.39 is 96.2 Å². The molecule has 97 heavy (non-hydrogen) atoms. The number of unbranched alkanes of at least 4 members (excludes halogenated alkanes) is 40. The molecule has 1 rings (SSSR count). The van der Waals surface area contributed by atoms with Gasteiger partial charge < -0.3 is 66.5 Å². The molecule has 0 saturated carbocycles. The summed E-state index contributed by atoms with van der Waals surface area (Å²) in [5.74, 6) is -2.64. The molecular formula is C73H144Na2O20P2. The van der Waals surface area contributed by atoms with Crippen molar-refractivity contribution >= 4 is 39.5 Å². The first-order chi connectivity index (χ1) is 44.8. The quantitative estimate of drug-likeness (QED) is 0.0188. The minimum absolute atomic E-state index is 0. The fraction of sp³-hybridized carbons (Fsp3) is 0.945. The zero-order chi connectivity index (χ0) is 68.8. The van der Waals surface area contributed by atoms with E-state index in [0.29, 0.717) is 19.3 Å². The molecule has 0 aromatic rings. The summed E-state index contributed by atoms with van der Waals surface area (Å²) in [6.45, 7) is 9.23. The molecule has 1 aliphatic heterocycles. The second-order valence-electron chi connectivity index (χ2n) is 26.1. The first kappa shape index (κ1) is 106. The standard InChI is InChI=1S/C37H71O10P.C34H67O10P.2CH4.2Na/c1-5-7-9-11-13-15-17-19-21-23-25-27-35(38)42-29-33(31-44-48(40,41)45-32-34-30-43-37(3,4)47-34)46-36(39)28-26-24-22-20-18-16-14-12-10-8-6-2;1-3-5-7-9-11-13-15-17-19-21-23-25-33(37)41-29-32(30-43-45(39,40)42-28-31(36)27-35)44-34(38)26-24-22-20-18-16-14-12-10-8-6-4-2;;;;/h33-34H,5-32H2,1-4H3,(H,40,41);31-32,35-36H,3-30H2,1-2H3,(H,39,40);2*1H4;;/q;;;;2*+1/p-2/t33-,34?;31?,32-;;;;/m11..../s1. The third kappa shape index (κ3) is 74.0. The smallest absolute Gasteiger partial charge is 0.756 e. The Bertz CT molecular complexity index is 1860. The molecule has 0 aromatic carbocycles.